The van der Waals surface area contributed by atoms with E-state index in [0.717, 1.165) is 37.4 Å². The zero-order chi connectivity index (χ0) is 18.7. The van der Waals surface area contributed by atoms with Crippen molar-refractivity contribution in [1.82, 2.24) is 9.88 Å². The summed E-state index contributed by atoms with van der Waals surface area (Å²) < 4.78 is 0. The molecule has 138 valence electrons. The highest BCUT2D eigenvalue weighted by Gasteiger charge is 2.33. The lowest BCUT2D eigenvalue weighted by molar-refractivity contribution is -0.142. The number of rotatable bonds is 5. The topological polar surface area (TPSA) is 56.7 Å². The molecule has 0 bridgehead atoms. The summed E-state index contributed by atoms with van der Waals surface area (Å²) in [5.41, 5.74) is 2.29. The summed E-state index contributed by atoms with van der Waals surface area (Å²) in [4.78, 5) is 20.6. The Kier molecular flexibility index (Phi) is 5.28. The molecule has 5 heteroatoms. The van der Waals surface area contributed by atoms with E-state index >= 15 is 0 Å². The lowest BCUT2D eigenvalue weighted by atomic mass is 9.83. The highest BCUT2D eigenvalue weighted by molar-refractivity contribution is 5.83. The van der Waals surface area contributed by atoms with Crippen molar-refractivity contribution < 1.29 is 9.90 Å². The Morgan fingerprint density at radius 3 is 2.31 bits per heavy atom. The lowest BCUT2D eigenvalue weighted by Gasteiger charge is -2.40. The fourth-order valence-electron chi connectivity index (χ4n) is 3.60. The summed E-state index contributed by atoms with van der Waals surface area (Å²) in [6.07, 6.45) is 3.68. The molecule has 2 aromatic rings. The van der Waals surface area contributed by atoms with Crippen LogP contribution in [0.25, 0.3) is 0 Å². The number of carbonyl (C=O) groups is 1. The smallest absolute Gasteiger partial charge is 0.313 e. The number of piperazine rings is 1. The number of nitrogens with zero attached hydrogens (tertiary/aromatic N) is 3. The molecule has 5 nitrogen and oxygen atoms in total. The van der Waals surface area contributed by atoms with Crippen molar-refractivity contribution in [3.63, 3.8) is 0 Å². The normalized spacial score (nSPS) is 17.1. The third kappa shape index (κ3) is 3.58. The first kappa shape index (κ1) is 18.4. The monoisotopic (exact) mass is 353 g/mol. The molecule has 1 unspecified atom stereocenters. The van der Waals surface area contributed by atoms with Gasteiger partial charge in [-0.25, -0.2) is 0 Å². The van der Waals surface area contributed by atoms with E-state index in [1.807, 2.05) is 36.7 Å². The van der Waals surface area contributed by atoms with E-state index in [9.17, 15) is 9.90 Å². The second-order valence-corrected chi connectivity index (χ2v) is 7.43. The second-order valence-electron chi connectivity index (χ2n) is 7.43. The van der Waals surface area contributed by atoms with Crippen LogP contribution in [0.1, 0.15) is 37.9 Å². The van der Waals surface area contributed by atoms with Crippen LogP contribution in [0, 0.1) is 0 Å². The van der Waals surface area contributed by atoms with Crippen LogP contribution in [0.2, 0.25) is 0 Å². The first-order valence-electron chi connectivity index (χ1n) is 9.13. The molecule has 1 aromatic heterocycles. The number of aromatic nitrogens is 1. The fraction of sp³-hybridized carbons (Fsp3) is 0.429. The van der Waals surface area contributed by atoms with Crippen LogP contribution in [0.5, 0.6) is 0 Å². The molecule has 0 radical (unpaired) electrons. The Bertz CT molecular complexity index is 753. The molecular formula is C21H27N3O2. The Morgan fingerprint density at radius 2 is 1.69 bits per heavy atom. The zero-order valence-electron chi connectivity index (χ0n) is 15.7. The number of para-hydroxylation sites is 1. The zero-order valence-corrected chi connectivity index (χ0v) is 15.7. The minimum Gasteiger partial charge on any atom is -0.481 e. The molecule has 0 amide bonds. The summed E-state index contributed by atoms with van der Waals surface area (Å²) >= 11 is 0. The van der Waals surface area contributed by atoms with Crippen molar-refractivity contribution in [1.29, 1.82) is 0 Å². The van der Waals surface area contributed by atoms with Crippen molar-refractivity contribution in [2.24, 2.45) is 0 Å². The molecule has 1 saturated heterocycles. The molecule has 0 aliphatic carbocycles. The van der Waals surface area contributed by atoms with Crippen molar-refractivity contribution >= 4 is 11.7 Å². The van der Waals surface area contributed by atoms with E-state index in [1.165, 1.54) is 5.56 Å². The van der Waals surface area contributed by atoms with Gasteiger partial charge < -0.3 is 10.0 Å². The van der Waals surface area contributed by atoms with E-state index in [-0.39, 0.29) is 0 Å². The molecule has 1 aromatic carbocycles. The van der Waals surface area contributed by atoms with E-state index in [2.05, 4.69) is 33.8 Å². The Morgan fingerprint density at radius 1 is 1.08 bits per heavy atom. The van der Waals surface area contributed by atoms with E-state index in [0.29, 0.717) is 6.04 Å². The third-order valence-electron chi connectivity index (χ3n) is 5.50. The lowest BCUT2D eigenvalue weighted by Crippen LogP contribution is -2.48. The predicted molar refractivity (Wildman–Crippen MR) is 104 cm³/mol. The molecule has 1 aliphatic heterocycles. The van der Waals surface area contributed by atoms with Gasteiger partial charge in [0.25, 0.3) is 0 Å². The minimum atomic E-state index is -0.905. The van der Waals surface area contributed by atoms with Gasteiger partial charge in [-0.3, -0.25) is 14.7 Å². The maximum atomic E-state index is 11.7. The molecule has 1 N–H and O–H groups in total. The predicted octanol–water partition coefficient (Wildman–Crippen LogP) is 3.33. The van der Waals surface area contributed by atoms with Gasteiger partial charge in [0.2, 0.25) is 0 Å². The van der Waals surface area contributed by atoms with E-state index < -0.39 is 11.4 Å². The number of carboxylic acid groups (broad SMARTS) is 1. The van der Waals surface area contributed by atoms with Crippen molar-refractivity contribution in [3.8, 4) is 0 Å². The number of benzene rings is 1. The Balaban J connectivity index is 1.74. The van der Waals surface area contributed by atoms with E-state index in [4.69, 9.17) is 0 Å². The van der Waals surface area contributed by atoms with Crippen LogP contribution in [-0.2, 0) is 10.2 Å². The summed E-state index contributed by atoms with van der Waals surface area (Å²) in [5, 5.41) is 9.63. The number of hydrogen-bond acceptors (Lipinski definition) is 4. The first-order valence-corrected chi connectivity index (χ1v) is 9.13. The third-order valence-corrected chi connectivity index (χ3v) is 5.50. The van der Waals surface area contributed by atoms with Gasteiger partial charge in [0.1, 0.15) is 0 Å². The molecule has 1 atom stereocenters. The number of aliphatic carboxylic acids is 1. The first-order chi connectivity index (χ1) is 12.4. The molecule has 0 spiro atoms. The van der Waals surface area contributed by atoms with Gasteiger partial charge in [0.15, 0.2) is 0 Å². The van der Waals surface area contributed by atoms with Crippen LogP contribution in [-0.4, -0.2) is 47.1 Å². The molecule has 1 aliphatic rings. The SMILES string of the molecule is CC(c1ccncc1)N1CCN(c2ccccc2C(C)(C)C(=O)O)CC1. The molecule has 2 heterocycles. The van der Waals surface area contributed by atoms with Gasteiger partial charge in [0.05, 0.1) is 5.41 Å². The largest absolute Gasteiger partial charge is 0.481 e. The number of hydrogen-bond donors (Lipinski definition) is 1. The Hall–Kier alpha value is -2.40. The van der Waals surface area contributed by atoms with Crippen LogP contribution in [0.15, 0.2) is 48.8 Å². The highest BCUT2D eigenvalue weighted by atomic mass is 16.4. The van der Waals surface area contributed by atoms with E-state index in [1.54, 1.807) is 13.8 Å². The van der Waals surface area contributed by atoms with Gasteiger partial charge in [-0.15, -0.1) is 0 Å². The van der Waals surface area contributed by atoms with Crippen molar-refractivity contribution in [3.05, 3.63) is 59.9 Å². The van der Waals surface area contributed by atoms with Crippen molar-refractivity contribution in [2.45, 2.75) is 32.2 Å². The van der Waals surface area contributed by atoms with Crippen LogP contribution in [0.4, 0.5) is 5.69 Å². The minimum absolute atomic E-state index is 0.353. The van der Waals surface area contributed by atoms with Gasteiger partial charge in [-0.2, -0.15) is 0 Å². The highest BCUT2D eigenvalue weighted by Crippen LogP contribution is 2.33. The van der Waals surface area contributed by atoms with Crippen LogP contribution < -0.4 is 4.90 Å². The van der Waals surface area contributed by atoms with Crippen LogP contribution >= 0.6 is 0 Å². The molecular weight excluding hydrogens is 326 g/mol. The maximum absolute atomic E-state index is 11.7. The standard InChI is InChI=1S/C21H27N3O2/c1-16(17-8-10-22-11-9-17)23-12-14-24(15-13-23)19-7-5-4-6-18(19)21(2,3)20(25)26/h4-11,16H,12-15H2,1-3H3,(H,25,26). The quantitative estimate of drug-likeness (QED) is 0.893. The molecule has 26 heavy (non-hydrogen) atoms. The number of anilines is 1. The number of carboxylic acids is 1. The van der Waals surface area contributed by atoms with Gasteiger partial charge >= 0.3 is 5.97 Å². The summed E-state index contributed by atoms with van der Waals surface area (Å²) in [7, 11) is 0. The summed E-state index contributed by atoms with van der Waals surface area (Å²) in [6, 6.07) is 12.4. The van der Waals surface area contributed by atoms with Gasteiger partial charge in [-0.1, -0.05) is 18.2 Å². The summed E-state index contributed by atoms with van der Waals surface area (Å²) in [5.74, 6) is -0.796. The average molecular weight is 353 g/mol. The van der Waals surface area contributed by atoms with Gasteiger partial charge in [0, 0.05) is 50.3 Å². The number of pyridine rings is 1. The molecule has 0 saturated carbocycles. The second kappa shape index (κ2) is 7.46. The van der Waals surface area contributed by atoms with Gasteiger partial charge in [-0.05, 0) is 50.1 Å². The maximum Gasteiger partial charge on any atom is 0.313 e. The average Bonchev–Trinajstić information content (AvgIpc) is 2.68. The van der Waals surface area contributed by atoms with Crippen molar-refractivity contribution in [2.75, 3.05) is 31.1 Å². The summed E-state index contributed by atoms with van der Waals surface area (Å²) in [6.45, 7) is 9.46. The Labute approximate surface area is 155 Å². The molecule has 3 rings (SSSR count). The van der Waals surface area contributed by atoms with Crippen LogP contribution in [0.3, 0.4) is 0 Å². The fourth-order valence-corrected chi connectivity index (χ4v) is 3.60. The molecule has 1 fully saturated rings.